The molecule has 1 aliphatic rings. The van der Waals surface area contributed by atoms with Crippen molar-refractivity contribution in [3.8, 4) is 0 Å². The molecule has 0 saturated carbocycles. The van der Waals surface area contributed by atoms with E-state index in [1.165, 1.54) is 12.1 Å². The summed E-state index contributed by atoms with van der Waals surface area (Å²) >= 11 is 0. The van der Waals surface area contributed by atoms with Crippen LogP contribution in [-0.4, -0.2) is 39.5 Å². The van der Waals surface area contributed by atoms with Gasteiger partial charge in [0, 0.05) is 25.0 Å². The lowest BCUT2D eigenvalue weighted by Gasteiger charge is -2.34. The number of halogens is 1. The number of aliphatic carboxylic acids is 1. The van der Waals surface area contributed by atoms with E-state index in [4.69, 9.17) is 0 Å². The fraction of sp³-hybridized carbons (Fsp3) is 0.381. The molecule has 1 amide bonds. The van der Waals surface area contributed by atoms with Gasteiger partial charge in [-0.2, -0.15) is 0 Å². The maximum Gasteiger partial charge on any atom is 0.324 e. The minimum atomic E-state index is -1.14. The smallest absolute Gasteiger partial charge is 0.324 e. The number of hydrogen-bond acceptors (Lipinski definition) is 4. The Morgan fingerprint density at radius 1 is 1.32 bits per heavy atom. The SMILES string of the molecule is CC[C@]1(C(=O)O)C[C@@H](C(=O)NCc2cccnc2)[C@@H](c2ccc(F)cc2)N1C. The highest BCUT2D eigenvalue weighted by Crippen LogP contribution is 2.47. The Balaban J connectivity index is 1.89. The Bertz CT molecular complexity index is 844. The molecule has 148 valence electrons. The van der Waals surface area contributed by atoms with Crippen LogP contribution in [0.1, 0.15) is 36.9 Å². The molecule has 3 atom stereocenters. The largest absolute Gasteiger partial charge is 0.480 e. The van der Waals surface area contributed by atoms with Crippen molar-refractivity contribution in [2.24, 2.45) is 5.92 Å². The number of benzene rings is 1. The molecule has 0 aliphatic carbocycles. The number of carbonyl (C=O) groups excluding carboxylic acids is 1. The summed E-state index contributed by atoms with van der Waals surface area (Å²) < 4.78 is 13.4. The van der Waals surface area contributed by atoms with Crippen molar-refractivity contribution in [3.05, 3.63) is 65.7 Å². The van der Waals surface area contributed by atoms with E-state index in [2.05, 4.69) is 10.3 Å². The van der Waals surface area contributed by atoms with Gasteiger partial charge in [-0.05, 0) is 49.2 Å². The standard InChI is InChI=1S/C21H24FN3O3/c1-3-21(20(27)28)11-17(19(26)24-13-14-5-4-10-23-12-14)18(25(21)2)15-6-8-16(22)9-7-15/h4-10,12,17-18H,3,11,13H2,1-2H3,(H,24,26)(H,27,28)/t17-,18-,21-/m1/s1. The van der Waals surface area contributed by atoms with Crippen LogP contribution in [-0.2, 0) is 16.1 Å². The number of carboxylic acid groups (broad SMARTS) is 1. The van der Waals surface area contributed by atoms with Crippen LogP contribution in [0.3, 0.4) is 0 Å². The highest BCUT2D eigenvalue weighted by atomic mass is 19.1. The third-order valence-corrected chi connectivity index (χ3v) is 5.75. The maximum atomic E-state index is 13.4. The van der Waals surface area contributed by atoms with Crippen molar-refractivity contribution < 1.29 is 19.1 Å². The quantitative estimate of drug-likeness (QED) is 0.799. The van der Waals surface area contributed by atoms with Gasteiger partial charge in [-0.25, -0.2) is 4.39 Å². The number of pyridine rings is 1. The fourth-order valence-electron chi connectivity index (χ4n) is 4.11. The molecule has 1 saturated heterocycles. The topological polar surface area (TPSA) is 82.5 Å². The first-order chi connectivity index (χ1) is 13.4. The number of nitrogens with zero attached hydrogens (tertiary/aromatic N) is 2. The second-order valence-corrected chi connectivity index (χ2v) is 7.19. The number of likely N-dealkylation sites (tertiary alicyclic amines) is 1. The van der Waals surface area contributed by atoms with Gasteiger partial charge in [-0.1, -0.05) is 25.1 Å². The second-order valence-electron chi connectivity index (χ2n) is 7.19. The van der Waals surface area contributed by atoms with E-state index in [-0.39, 0.29) is 18.1 Å². The predicted octanol–water partition coefficient (Wildman–Crippen LogP) is 2.76. The summed E-state index contributed by atoms with van der Waals surface area (Å²) in [6.07, 6.45) is 3.88. The van der Waals surface area contributed by atoms with Crippen molar-refractivity contribution in [3.63, 3.8) is 0 Å². The number of aromatic nitrogens is 1. The summed E-state index contributed by atoms with van der Waals surface area (Å²) in [6, 6.07) is 9.10. The zero-order valence-electron chi connectivity index (χ0n) is 15.9. The maximum absolute atomic E-state index is 13.4. The molecule has 1 aromatic carbocycles. The lowest BCUT2D eigenvalue weighted by Crippen LogP contribution is -2.48. The lowest BCUT2D eigenvalue weighted by molar-refractivity contribution is -0.150. The average molecular weight is 385 g/mol. The van der Waals surface area contributed by atoms with Crippen molar-refractivity contribution in [2.75, 3.05) is 7.05 Å². The molecule has 1 aliphatic heterocycles. The predicted molar refractivity (Wildman–Crippen MR) is 102 cm³/mol. The normalized spacial score (nSPS) is 24.8. The number of carboxylic acids is 1. The van der Waals surface area contributed by atoms with Crippen LogP contribution in [0.5, 0.6) is 0 Å². The summed E-state index contributed by atoms with van der Waals surface area (Å²) in [5.74, 6) is -2.11. The Kier molecular flexibility index (Phi) is 5.74. The molecule has 6 nitrogen and oxygen atoms in total. The monoisotopic (exact) mass is 385 g/mol. The van der Waals surface area contributed by atoms with Crippen molar-refractivity contribution in [2.45, 2.75) is 37.9 Å². The van der Waals surface area contributed by atoms with Crippen molar-refractivity contribution in [1.82, 2.24) is 15.2 Å². The third-order valence-electron chi connectivity index (χ3n) is 5.75. The number of rotatable bonds is 6. The van der Waals surface area contributed by atoms with Gasteiger partial charge in [0.05, 0.1) is 5.92 Å². The summed E-state index contributed by atoms with van der Waals surface area (Å²) in [7, 11) is 1.72. The third kappa shape index (κ3) is 3.62. The average Bonchev–Trinajstić information content (AvgIpc) is 3.01. The van der Waals surface area contributed by atoms with E-state index in [9.17, 15) is 19.1 Å². The Morgan fingerprint density at radius 2 is 2.04 bits per heavy atom. The molecular weight excluding hydrogens is 361 g/mol. The van der Waals surface area contributed by atoms with E-state index in [1.807, 2.05) is 13.0 Å². The van der Waals surface area contributed by atoms with Gasteiger partial charge in [-0.15, -0.1) is 0 Å². The molecule has 2 aromatic rings. The van der Waals surface area contributed by atoms with Crippen LogP contribution in [0.4, 0.5) is 4.39 Å². The summed E-state index contributed by atoms with van der Waals surface area (Å²) in [4.78, 5) is 30.9. The number of carbonyl (C=O) groups is 2. The van der Waals surface area contributed by atoms with E-state index < -0.39 is 23.5 Å². The Hall–Kier alpha value is -2.80. The molecule has 2 N–H and O–H groups in total. The van der Waals surface area contributed by atoms with E-state index in [1.54, 1.807) is 42.5 Å². The van der Waals surface area contributed by atoms with Crippen LogP contribution in [0.15, 0.2) is 48.8 Å². The van der Waals surface area contributed by atoms with E-state index in [0.717, 1.165) is 11.1 Å². The van der Waals surface area contributed by atoms with Crippen LogP contribution < -0.4 is 5.32 Å². The fourth-order valence-corrected chi connectivity index (χ4v) is 4.11. The first-order valence-corrected chi connectivity index (χ1v) is 9.27. The first kappa shape index (κ1) is 19.9. The molecule has 1 fully saturated rings. The van der Waals surface area contributed by atoms with Crippen LogP contribution in [0.25, 0.3) is 0 Å². The molecule has 3 rings (SSSR count). The molecule has 28 heavy (non-hydrogen) atoms. The molecule has 0 bridgehead atoms. The highest BCUT2D eigenvalue weighted by molar-refractivity contribution is 5.85. The summed E-state index contributed by atoms with van der Waals surface area (Å²) in [5.41, 5.74) is 0.442. The number of hydrogen-bond donors (Lipinski definition) is 2. The van der Waals surface area contributed by atoms with Crippen LogP contribution in [0, 0.1) is 11.7 Å². The molecule has 0 spiro atoms. The van der Waals surface area contributed by atoms with E-state index >= 15 is 0 Å². The second kappa shape index (κ2) is 8.06. The molecule has 2 heterocycles. The van der Waals surface area contributed by atoms with E-state index in [0.29, 0.717) is 13.0 Å². The first-order valence-electron chi connectivity index (χ1n) is 9.27. The Labute approximate surface area is 163 Å². The van der Waals surface area contributed by atoms with Gasteiger partial charge in [0.25, 0.3) is 0 Å². The van der Waals surface area contributed by atoms with Crippen molar-refractivity contribution >= 4 is 11.9 Å². The molecule has 0 radical (unpaired) electrons. The summed E-state index contributed by atoms with van der Waals surface area (Å²) in [6.45, 7) is 2.12. The molecule has 1 aromatic heterocycles. The van der Waals surface area contributed by atoms with Crippen LogP contribution in [0.2, 0.25) is 0 Å². The molecule has 7 heteroatoms. The van der Waals surface area contributed by atoms with Gasteiger partial charge in [0.2, 0.25) is 5.91 Å². The summed E-state index contributed by atoms with van der Waals surface area (Å²) in [5, 5.41) is 12.8. The zero-order valence-corrected chi connectivity index (χ0v) is 15.9. The van der Waals surface area contributed by atoms with Crippen LogP contribution >= 0.6 is 0 Å². The number of nitrogens with one attached hydrogen (secondary N) is 1. The van der Waals surface area contributed by atoms with Gasteiger partial charge >= 0.3 is 5.97 Å². The lowest BCUT2D eigenvalue weighted by atomic mass is 9.87. The molecular formula is C21H24FN3O3. The number of amides is 1. The number of likely N-dealkylation sites (N-methyl/N-ethyl adjacent to an activating group) is 1. The Morgan fingerprint density at radius 3 is 2.61 bits per heavy atom. The minimum Gasteiger partial charge on any atom is -0.480 e. The highest BCUT2D eigenvalue weighted by Gasteiger charge is 2.56. The van der Waals surface area contributed by atoms with Crippen molar-refractivity contribution in [1.29, 1.82) is 0 Å². The van der Waals surface area contributed by atoms with Gasteiger partial charge in [0.15, 0.2) is 0 Å². The van der Waals surface area contributed by atoms with Gasteiger partial charge in [0.1, 0.15) is 11.4 Å². The zero-order chi connectivity index (χ0) is 20.3. The molecule has 0 unspecified atom stereocenters. The minimum absolute atomic E-state index is 0.191. The van der Waals surface area contributed by atoms with Gasteiger partial charge < -0.3 is 10.4 Å². The van der Waals surface area contributed by atoms with Gasteiger partial charge in [-0.3, -0.25) is 19.5 Å².